The summed E-state index contributed by atoms with van der Waals surface area (Å²) in [6.07, 6.45) is 10.7. The number of amides is 1. The van der Waals surface area contributed by atoms with Crippen molar-refractivity contribution in [1.82, 2.24) is 0 Å². The number of carbonyl (C=O) groups excluding carboxylic acids is 1. The Kier molecular flexibility index (Phi) is 9.40. The summed E-state index contributed by atoms with van der Waals surface area (Å²) in [7, 11) is 0. The van der Waals surface area contributed by atoms with Gasteiger partial charge in [-0.05, 0) is 47.0 Å². The molecule has 118 valence electrons. The van der Waals surface area contributed by atoms with Crippen LogP contribution in [0.1, 0.15) is 70.3 Å². The van der Waals surface area contributed by atoms with E-state index in [1.807, 2.05) is 25.1 Å². The maximum Gasteiger partial charge on any atom is 0.224 e. The lowest BCUT2D eigenvalue weighted by Gasteiger charge is -2.08. The second kappa shape index (κ2) is 10.8. The average molecular weight is 354 g/mol. The number of carbonyl (C=O) groups is 1. The molecule has 0 aromatic heterocycles. The zero-order valence-electron chi connectivity index (χ0n) is 13.4. The van der Waals surface area contributed by atoms with Crippen LogP contribution < -0.4 is 5.32 Å². The van der Waals surface area contributed by atoms with Crippen molar-refractivity contribution in [3.05, 3.63) is 28.2 Å². The highest BCUT2D eigenvalue weighted by Gasteiger charge is 2.05. The minimum Gasteiger partial charge on any atom is -0.325 e. The van der Waals surface area contributed by atoms with Crippen LogP contribution in [0.3, 0.4) is 0 Å². The van der Waals surface area contributed by atoms with Gasteiger partial charge in [0.2, 0.25) is 5.91 Å². The molecule has 0 aliphatic carbocycles. The number of hydrogen-bond donors (Lipinski definition) is 1. The summed E-state index contributed by atoms with van der Waals surface area (Å²) in [6, 6.07) is 5.98. The zero-order chi connectivity index (χ0) is 15.5. The molecule has 3 heteroatoms. The first kappa shape index (κ1) is 18.2. The molecule has 0 saturated carbocycles. The minimum absolute atomic E-state index is 0.116. The molecule has 0 bridgehead atoms. The van der Waals surface area contributed by atoms with Crippen LogP contribution in [0.15, 0.2) is 22.7 Å². The van der Waals surface area contributed by atoms with Crippen molar-refractivity contribution in [2.75, 3.05) is 5.32 Å². The Morgan fingerprint density at radius 2 is 1.67 bits per heavy atom. The molecule has 2 nitrogen and oxygen atoms in total. The fourth-order valence-corrected chi connectivity index (χ4v) is 2.95. The van der Waals surface area contributed by atoms with Crippen molar-refractivity contribution in [1.29, 1.82) is 0 Å². The molecule has 1 N–H and O–H groups in total. The summed E-state index contributed by atoms with van der Waals surface area (Å²) in [5.74, 6) is 0.116. The molecule has 0 aliphatic rings. The molecule has 0 saturated heterocycles. The highest BCUT2D eigenvalue weighted by atomic mass is 79.9. The zero-order valence-corrected chi connectivity index (χ0v) is 15.0. The highest BCUT2D eigenvalue weighted by molar-refractivity contribution is 9.10. The highest BCUT2D eigenvalue weighted by Crippen LogP contribution is 2.23. The van der Waals surface area contributed by atoms with Gasteiger partial charge in [-0.3, -0.25) is 4.79 Å². The molecule has 0 aliphatic heterocycles. The van der Waals surface area contributed by atoms with Crippen molar-refractivity contribution in [3.8, 4) is 0 Å². The second-order valence-electron chi connectivity index (χ2n) is 5.76. The van der Waals surface area contributed by atoms with E-state index in [1.54, 1.807) is 0 Å². The van der Waals surface area contributed by atoms with E-state index >= 15 is 0 Å². The first-order chi connectivity index (χ1) is 10.1. The van der Waals surface area contributed by atoms with E-state index in [2.05, 4.69) is 28.2 Å². The molecular weight excluding hydrogens is 326 g/mol. The van der Waals surface area contributed by atoms with Crippen molar-refractivity contribution in [3.63, 3.8) is 0 Å². The Morgan fingerprint density at radius 3 is 2.29 bits per heavy atom. The van der Waals surface area contributed by atoms with Crippen LogP contribution in [0, 0.1) is 6.92 Å². The Bertz CT molecular complexity index is 431. The van der Waals surface area contributed by atoms with Gasteiger partial charge in [-0.1, -0.05) is 57.9 Å². The Hall–Kier alpha value is -0.830. The largest absolute Gasteiger partial charge is 0.325 e. The third-order valence-electron chi connectivity index (χ3n) is 3.66. The SMILES string of the molecule is CCCCCCCCCCC(=O)Nc1ccc(C)cc1Br. The van der Waals surface area contributed by atoms with E-state index in [1.165, 1.54) is 44.1 Å². The summed E-state index contributed by atoms with van der Waals surface area (Å²) in [4.78, 5) is 11.9. The van der Waals surface area contributed by atoms with Gasteiger partial charge in [0.1, 0.15) is 0 Å². The van der Waals surface area contributed by atoms with E-state index < -0.39 is 0 Å². The molecule has 0 unspecified atom stereocenters. The van der Waals surface area contributed by atoms with Crippen LogP contribution in [0.25, 0.3) is 0 Å². The predicted molar refractivity (Wildman–Crippen MR) is 94.7 cm³/mol. The van der Waals surface area contributed by atoms with Crippen LogP contribution in [0.4, 0.5) is 5.69 Å². The second-order valence-corrected chi connectivity index (χ2v) is 6.61. The summed E-state index contributed by atoms with van der Waals surface area (Å²) >= 11 is 3.48. The summed E-state index contributed by atoms with van der Waals surface area (Å²) in [5.41, 5.74) is 2.05. The van der Waals surface area contributed by atoms with Gasteiger partial charge in [-0.2, -0.15) is 0 Å². The molecule has 0 heterocycles. The third-order valence-corrected chi connectivity index (χ3v) is 4.31. The lowest BCUT2D eigenvalue weighted by molar-refractivity contribution is -0.116. The van der Waals surface area contributed by atoms with E-state index in [9.17, 15) is 4.79 Å². The van der Waals surface area contributed by atoms with Crippen molar-refractivity contribution in [2.45, 2.75) is 71.6 Å². The van der Waals surface area contributed by atoms with Gasteiger partial charge >= 0.3 is 0 Å². The first-order valence-corrected chi connectivity index (χ1v) is 8.98. The topological polar surface area (TPSA) is 29.1 Å². The molecule has 21 heavy (non-hydrogen) atoms. The maximum atomic E-state index is 11.9. The first-order valence-electron chi connectivity index (χ1n) is 8.19. The van der Waals surface area contributed by atoms with Gasteiger partial charge in [0.15, 0.2) is 0 Å². The third kappa shape index (κ3) is 8.25. The quantitative estimate of drug-likeness (QED) is 0.496. The van der Waals surface area contributed by atoms with Gasteiger partial charge in [0, 0.05) is 10.9 Å². The predicted octanol–water partition coefficient (Wildman–Crippen LogP) is 6.23. The minimum atomic E-state index is 0.116. The summed E-state index contributed by atoms with van der Waals surface area (Å²) < 4.78 is 0.951. The molecular formula is C18H28BrNO. The standard InChI is InChI=1S/C18H28BrNO/c1-3-4-5-6-7-8-9-10-11-18(21)20-17-13-12-15(2)14-16(17)19/h12-14H,3-11H2,1-2H3,(H,20,21). The Labute approximate surface area is 137 Å². The van der Waals surface area contributed by atoms with Crippen LogP contribution in [-0.4, -0.2) is 5.91 Å². The van der Waals surface area contributed by atoms with Crippen LogP contribution in [0.5, 0.6) is 0 Å². The van der Waals surface area contributed by atoms with Gasteiger partial charge in [0.25, 0.3) is 0 Å². The summed E-state index contributed by atoms with van der Waals surface area (Å²) in [5, 5.41) is 2.97. The van der Waals surface area contributed by atoms with Crippen LogP contribution >= 0.6 is 15.9 Å². The van der Waals surface area contributed by atoms with E-state index in [0.29, 0.717) is 6.42 Å². The molecule has 1 amide bonds. The normalized spacial score (nSPS) is 10.6. The smallest absolute Gasteiger partial charge is 0.224 e. The lowest BCUT2D eigenvalue weighted by Crippen LogP contribution is -2.11. The number of anilines is 1. The van der Waals surface area contributed by atoms with Crippen molar-refractivity contribution >= 4 is 27.5 Å². The fraction of sp³-hybridized carbons (Fsp3) is 0.611. The number of halogens is 1. The van der Waals surface area contributed by atoms with Gasteiger partial charge < -0.3 is 5.32 Å². The van der Waals surface area contributed by atoms with Crippen molar-refractivity contribution < 1.29 is 4.79 Å². The number of nitrogens with one attached hydrogen (secondary N) is 1. The molecule has 0 radical (unpaired) electrons. The van der Waals surface area contributed by atoms with E-state index in [4.69, 9.17) is 0 Å². The Morgan fingerprint density at radius 1 is 1.05 bits per heavy atom. The van der Waals surface area contributed by atoms with Gasteiger partial charge in [-0.15, -0.1) is 0 Å². The molecule has 0 fully saturated rings. The maximum absolute atomic E-state index is 11.9. The monoisotopic (exact) mass is 353 g/mol. The Balaban J connectivity index is 2.11. The van der Waals surface area contributed by atoms with E-state index in [0.717, 1.165) is 23.0 Å². The fourth-order valence-electron chi connectivity index (χ4n) is 2.35. The molecule has 1 rings (SSSR count). The summed E-state index contributed by atoms with van der Waals surface area (Å²) in [6.45, 7) is 4.28. The average Bonchev–Trinajstić information content (AvgIpc) is 2.45. The van der Waals surface area contributed by atoms with Crippen molar-refractivity contribution in [2.24, 2.45) is 0 Å². The molecule has 0 spiro atoms. The van der Waals surface area contributed by atoms with E-state index in [-0.39, 0.29) is 5.91 Å². The number of unbranched alkanes of at least 4 members (excludes halogenated alkanes) is 7. The van der Waals surface area contributed by atoms with Crippen LogP contribution in [-0.2, 0) is 4.79 Å². The number of hydrogen-bond acceptors (Lipinski definition) is 1. The molecule has 0 atom stereocenters. The number of benzene rings is 1. The van der Waals surface area contributed by atoms with Gasteiger partial charge in [0.05, 0.1) is 5.69 Å². The molecule has 1 aromatic rings. The van der Waals surface area contributed by atoms with Crippen LogP contribution in [0.2, 0.25) is 0 Å². The number of aryl methyl sites for hydroxylation is 1. The number of rotatable bonds is 10. The molecule has 1 aromatic carbocycles. The van der Waals surface area contributed by atoms with Gasteiger partial charge in [-0.25, -0.2) is 0 Å². The lowest BCUT2D eigenvalue weighted by atomic mass is 10.1.